The Hall–Kier alpha value is -0.0400. The smallest absolute Gasteiger partial charge is 0.0159 e. The first kappa shape index (κ1) is 8.06. The molecule has 1 heteroatoms. The lowest BCUT2D eigenvalue weighted by atomic mass is 9.77. The number of nitrogens with zero attached hydrogens (tertiary/aromatic N) is 1. The summed E-state index contributed by atoms with van der Waals surface area (Å²) in [5, 5.41) is 0. The first-order valence-corrected chi connectivity index (χ1v) is 4.27. The Morgan fingerprint density at radius 3 is 1.90 bits per heavy atom. The lowest BCUT2D eigenvalue weighted by molar-refractivity contribution is -0.0397. The fraction of sp³-hybridized carbons (Fsp3) is 1.00. The molecule has 0 aromatic rings. The standard InChI is InChI=1S/C9H19N/c1-6(2)9-7(3)8(4)10(9)5/h6-9H,1-5H3. The number of hydrogen-bond acceptors (Lipinski definition) is 1. The van der Waals surface area contributed by atoms with E-state index >= 15 is 0 Å². The SMILES string of the molecule is CC(C)C1C(C)C(C)N1C. The van der Waals surface area contributed by atoms with E-state index in [0.29, 0.717) is 0 Å². The molecule has 60 valence electrons. The summed E-state index contributed by atoms with van der Waals surface area (Å²) in [6.07, 6.45) is 0. The van der Waals surface area contributed by atoms with E-state index in [0.717, 1.165) is 23.9 Å². The van der Waals surface area contributed by atoms with Gasteiger partial charge in [0.2, 0.25) is 0 Å². The molecule has 1 saturated heterocycles. The topological polar surface area (TPSA) is 3.24 Å². The molecule has 3 unspecified atom stereocenters. The van der Waals surface area contributed by atoms with E-state index in [2.05, 4.69) is 39.6 Å². The van der Waals surface area contributed by atoms with Gasteiger partial charge in [-0.1, -0.05) is 20.8 Å². The highest BCUT2D eigenvalue weighted by Crippen LogP contribution is 2.34. The Morgan fingerprint density at radius 1 is 1.20 bits per heavy atom. The minimum absolute atomic E-state index is 0.799. The lowest BCUT2D eigenvalue weighted by Gasteiger charge is -2.53. The normalized spacial score (nSPS) is 42.0. The molecule has 0 aromatic carbocycles. The molecule has 0 amide bonds. The third-order valence-corrected chi connectivity index (χ3v) is 3.10. The van der Waals surface area contributed by atoms with E-state index in [1.165, 1.54) is 0 Å². The molecular weight excluding hydrogens is 122 g/mol. The monoisotopic (exact) mass is 141 g/mol. The Bertz CT molecular complexity index is 110. The predicted molar refractivity (Wildman–Crippen MR) is 45.0 cm³/mol. The van der Waals surface area contributed by atoms with E-state index in [4.69, 9.17) is 0 Å². The van der Waals surface area contributed by atoms with Gasteiger partial charge < -0.3 is 0 Å². The maximum atomic E-state index is 2.48. The molecule has 1 aliphatic rings. The minimum atomic E-state index is 0.799. The van der Waals surface area contributed by atoms with Crippen LogP contribution in [0.1, 0.15) is 27.7 Å². The fourth-order valence-corrected chi connectivity index (χ4v) is 2.27. The van der Waals surface area contributed by atoms with Crippen molar-refractivity contribution in [1.82, 2.24) is 4.90 Å². The van der Waals surface area contributed by atoms with Crippen molar-refractivity contribution in [3.05, 3.63) is 0 Å². The van der Waals surface area contributed by atoms with Crippen LogP contribution >= 0.6 is 0 Å². The van der Waals surface area contributed by atoms with Crippen LogP contribution in [0.2, 0.25) is 0 Å². The minimum Gasteiger partial charge on any atom is -0.300 e. The van der Waals surface area contributed by atoms with Gasteiger partial charge >= 0.3 is 0 Å². The van der Waals surface area contributed by atoms with Crippen LogP contribution in [0, 0.1) is 11.8 Å². The molecule has 3 atom stereocenters. The first-order valence-electron chi connectivity index (χ1n) is 4.27. The summed E-state index contributed by atoms with van der Waals surface area (Å²) in [6, 6.07) is 1.63. The van der Waals surface area contributed by atoms with Crippen molar-refractivity contribution < 1.29 is 0 Å². The van der Waals surface area contributed by atoms with Gasteiger partial charge in [0, 0.05) is 12.1 Å². The molecule has 0 saturated carbocycles. The van der Waals surface area contributed by atoms with Crippen molar-refractivity contribution in [2.45, 2.75) is 39.8 Å². The molecule has 0 radical (unpaired) electrons. The molecule has 0 aliphatic carbocycles. The van der Waals surface area contributed by atoms with Crippen LogP contribution < -0.4 is 0 Å². The van der Waals surface area contributed by atoms with Crippen molar-refractivity contribution >= 4 is 0 Å². The molecule has 0 spiro atoms. The summed E-state index contributed by atoms with van der Waals surface area (Å²) in [6.45, 7) is 9.28. The molecule has 1 fully saturated rings. The second-order valence-corrected chi connectivity index (χ2v) is 4.00. The maximum Gasteiger partial charge on any atom is 0.0159 e. The van der Waals surface area contributed by atoms with Crippen LogP contribution in [0.15, 0.2) is 0 Å². The Kier molecular flexibility index (Phi) is 2.04. The van der Waals surface area contributed by atoms with Gasteiger partial charge in [-0.3, -0.25) is 4.90 Å². The summed E-state index contributed by atoms with van der Waals surface area (Å²) < 4.78 is 0. The highest BCUT2D eigenvalue weighted by molar-refractivity contribution is 4.95. The zero-order valence-corrected chi connectivity index (χ0v) is 7.76. The molecular formula is C9H19N. The van der Waals surface area contributed by atoms with Crippen molar-refractivity contribution in [3.8, 4) is 0 Å². The van der Waals surface area contributed by atoms with Gasteiger partial charge in [-0.15, -0.1) is 0 Å². The molecule has 1 nitrogen and oxygen atoms in total. The second-order valence-electron chi connectivity index (χ2n) is 4.00. The van der Waals surface area contributed by atoms with Gasteiger partial charge in [0.1, 0.15) is 0 Å². The van der Waals surface area contributed by atoms with Crippen molar-refractivity contribution in [2.24, 2.45) is 11.8 Å². The van der Waals surface area contributed by atoms with Gasteiger partial charge in [-0.25, -0.2) is 0 Å². The van der Waals surface area contributed by atoms with E-state index in [-0.39, 0.29) is 0 Å². The number of hydrogen-bond donors (Lipinski definition) is 0. The number of rotatable bonds is 1. The molecule has 0 bridgehead atoms. The van der Waals surface area contributed by atoms with Crippen LogP contribution in [0.3, 0.4) is 0 Å². The molecule has 0 N–H and O–H groups in total. The highest BCUT2D eigenvalue weighted by Gasteiger charge is 2.41. The molecule has 0 aromatic heterocycles. The summed E-state index contributed by atoms with van der Waals surface area (Å²) >= 11 is 0. The predicted octanol–water partition coefficient (Wildman–Crippen LogP) is 1.98. The molecule has 1 rings (SSSR count). The van der Waals surface area contributed by atoms with Crippen LogP contribution in [-0.4, -0.2) is 24.0 Å². The average molecular weight is 141 g/mol. The van der Waals surface area contributed by atoms with Crippen molar-refractivity contribution in [3.63, 3.8) is 0 Å². The Morgan fingerprint density at radius 2 is 1.70 bits per heavy atom. The van der Waals surface area contributed by atoms with E-state index in [9.17, 15) is 0 Å². The van der Waals surface area contributed by atoms with Gasteiger partial charge in [-0.2, -0.15) is 0 Å². The first-order chi connectivity index (χ1) is 4.55. The highest BCUT2D eigenvalue weighted by atomic mass is 15.2. The van der Waals surface area contributed by atoms with E-state index in [1.54, 1.807) is 0 Å². The van der Waals surface area contributed by atoms with E-state index in [1.807, 2.05) is 0 Å². The summed E-state index contributed by atoms with van der Waals surface area (Å²) in [7, 11) is 2.23. The van der Waals surface area contributed by atoms with Gasteiger partial charge in [0.15, 0.2) is 0 Å². The van der Waals surface area contributed by atoms with Gasteiger partial charge in [0.05, 0.1) is 0 Å². The van der Waals surface area contributed by atoms with Gasteiger partial charge in [-0.05, 0) is 25.8 Å². The van der Waals surface area contributed by atoms with Crippen LogP contribution in [0.25, 0.3) is 0 Å². The summed E-state index contributed by atoms with van der Waals surface area (Å²) in [5.74, 6) is 1.71. The molecule has 1 aliphatic heterocycles. The van der Waals surface area contributed by atoms with Crippen molar-refractivity contribution in [1.29, 1.82) is 0 Å². The largest absolute Gasteiger partial charge is 0.300 e. The second kappa shape index (κ2) is 2.54. The van der Waals surface area contributed by atoms with Crippen LogP contribution in [-0.2, 0) is 0 Å². The Balaban J connectivity index is 2.49. The van der Waals surface area contributed by atoms with Crippen LogP contribution in [0.5, 0.6) is 0 Å². The average Bonchev–Trinajstić information content (AvgIpc) is 1.87. The summed E-state index contributed by atoms with van der Waals surface area (Å²) in [5.41, 5.74) is 0. The Labute approximate surface area is 64.4 Å². The van der Waals surface area contributed by atoms with Crippen LogP contribution in [0.4, 0.5) is 0 Å². The van der Waals surface area contributed by atoms with Gasteiger partial charge in [0.25, 0.3) is 0 Å². The fourth-order valence-electron chi connectivity index (χ4n) is 2.27. The number of likely N-dealkylation sites (tertiary alicyclic amines) is 1. The third-order valence-electron chi connectivity index (χ3n) is 3.10. The zero-order chi connectivity index (χ0) is 7.89. The quantitative estimate of drug-likeness (QED) is 0.539. The summed E-state index contributed by atoms with van der Waals surface area (Å²) in [4.78, 5) is 2.48. The van der Waals surface area contributed by atoms with Crippen molar-refractivity contribution in [2.75, 3.05) is 7.05 Å². The van der Waals surface area contributed by atoms with E-state index < -0.39 is 0 Å². The lowest BCUT2D eigenvalue weighted by Crippen LogP contribution is -2.61. The zero-order valence-electron chi connectivity index (χ0n) is 7.76. The molecule has 10 heavy (non-hydrogen) atoms. The maximum absolute atomic E-state index is 2.48. The molecule has 1 heterocycles. The third kappa shape index (κ3) is 0.968.